The molecule has 0 spiro atoms. The molecule has 0 amide bonds. The van der Waals surface area contributed by atoms with Crippen molar-refractivity contribution in [1.82, 2.24) is 0 Å². The fourth-order valence-corrected chi connectivity index (χ4v) is 2.00. The zero-order valence-corrected chi connectivity index (χ0v) is 6.44. The van der Waals surface area contributed by atoms with E-state index in [1.165, 1.54) is 5.57 Å². The molecule has 0 aliphatic carbocycles. The van der Waals surface area contributed by atoms with Crippen molar-refractivity contribution in [3.8, 4) is 0 Å². The Kier molecular flexibility index (Phi) is 1.96. The normalized spacial score (nSPS) is 34.2. The fraction of sp³-hybridized carbons (Fsp3) is 0.571. The molecule has 2 heteroatoms. The van der Waals surface area contributed by atoms with Gasteiger partial charge in [0, 0.05) is 11.2 Å². The molecule has 50 valence electrons. The Morgan fingerprint density at radius 3 is 2.67 bits per heavy atom. The zero-order valence-electron chi connectivity index (χ0n) is 5.63. The summed E-state index contributed by atoms with van der Waals surface area (Å²) in [5, 5.41) is 2.53. The maximum absolute atomic E-state index is 10.4. The third-order valence-corrected chi connectivity index (χ3v) is 2.88. The van der Waals surface area contributed by atoms with E-state index in [1.54, 1.807) is 11.8 Å². The quantitative estimate of drug-likeness (QED) is 0.520. The first-order valence-corrected chi connectivity index (χ1v) is 3.97. The van der Waals surface area contributed by atoms with Gasteiger partial charge in [-0.25, -0.2) is 0 Å². The molecule has 0 saturated carbocycles. The Labute approximate surface area is 59.5 Å². The van der Waals surface area contributed by atoms with Gasteiger partial charge in [-0.1, -0.05) is 12.5 Å². The lowest BCUT2D eigenvalue weighted by atomic mass is 10.0. The van der Waals surface area contributed by atoms with Crippen LogP contribution in [-0.4, -0.2) is 11.5 Å². The second-order valence-electron chi connectivity index (χ2n) is 2.36. The maximum atomic E-state index is 10.4. The van der Waals surface area contributed by atoms with Crippen molar-refractivity contribution in [1.29, 1.82) is 0 Å². The minimum atomic E-state index is 0.176. The van der Waals surface area contributed by atoms with Gasteiger partial charge in [0.2, 0.25) is 0 Å². The van der Waals surface area contributed by atoms with E-state index in [0.717, 1.165) is 6.29 Å². The van der Waals surface area contributed by atoms with Crippen LogP contribution < -0.4 is 0 Å². The smallest absolute Gasteiger partial charge is 0.128 e. The van der Waals surface area contributed by atoms with Gasteiger partial charge >= 0.3 is 0 Å². The lowest BCUT2D eigenvalue weighted by Crippen LogP contribution is -2.10. The van der Waals surface area contributed by atoms with Crippen LogP contribution in [0.3, 0.4) is 0 Å². The lowest BCUT2D eigenvalue weighted by Gasteiger charge is -2.07. The fourth-order valence-electron chi connectivity index (χ4n) is 0.966. The third-order valence-electron chi connectivity index (χ3n) is 1.65. The van der Waals surface area contributed by atoms with Gasteiger partial charge in [0.1, 0.15) is 6.29 Å². The number of carbonyl (C=O) groups is 1. The van der Waals surface area contributed by atoms with E-state index in [4.69, 9.17) is 0 Å². The zero-order chi connectivity index (χ0) is 6.85. The Morgan fingerprint density at radius 2 is 2.44 bits per heavy atom. The average molecular weight is 142 g/mol. The topological polar surface area (TPSA) is 17.1 Å². The molecule has 0 bridgehead atoms. The maximum Gasteiger partial charge on any atom is 0.128 e. The first-order chi connectivity index (χ1) is 4.25. The highest BCUT2D eigenvalue weighted by molar-refractivity contribution is 8.03. The molecule has 2 atom stereocenters. The molecule has 1 heterocycles. The van der Waals surface area contributed by atoms with Gasteiger partial charge in [-0.3, -0.25) is 0 Å². The van der Waals surface area contributed by atoms with E-state index >= 15 is 0 Å². The van der Waals surface area contributed by atoms with E-state index in [0.29, 0.717) is 5.25 Å². The predicted molar refractivity (Wildman–Crippen MR) is 40.4 cm³/mol. The number of hydrogen-bond acceptors (Lipinski definition) is 2. The average Bonchev–Trinajstić information content (AvgIpc) is 2.12. The van der Waals surface area contributed by atoms with Crippen LogP contribution in [0, 0.1) is 5.92 Å². The Hall–Kier alpha value is -0.240. The Morgan fingerprint density at radius 1 is 1.78 bits per heavy atom. The van der Waals surface area contributed by atoms with Crippen LogP contribution in [0.4, 0.5) is 0 Å². The molecule has 0 fully saturated rings. The lowest BCUT2D eigenvalue weighted by molar-refractivity contribution is -0.110. The molecular weight excluding hydrogens is 132 g/mol. The van der Waals surface area contributed by atoms with Crippen LogP contribution in [0.1, 0.15) is 13.8 Å². The van der Waals surface area contributed by atoms with Gasteiger partial charge in [0.05, 0.1) is 0 Å². The largest absolute Gasteiger partial charge is 0.303 e. The molecule has 1 nitrogen and oxygen atoms in total. The van der Waals surface area contributed by atoms with Crippen LogP contribution in [0.5, 0.6) is 0 Å². The summed E-state index contributed by atoms with van der Waals surface area (Å²) in [4.78, 5) is 10.4. The molecule has 1 rings (SSSR count). The van der Waals surface area contributed by atoms with E-state index in [2.05, 4.69) is 12.3 Å². The van der Waals surface area contributed by atoms with Crippen molar-refractivity contribution < 1.29 is 4.79 Å². The minimum absolute atomic E-state index is 0.176. The summed E-state index contributed by atoms with van der Waals surface area (Å²) in [6.07, 6.45) is 1.04. The van der Waals surface area contributed by atoms with Gasteiger partial charge in [-0.15, -0.1) is 11.8 Å². The van der Waals surface area contributed by atoms with Crippen LogP contribution in [0.2, 0.25) is 0 Å². The van der Waals surface area contributed by atoms with Crippen LogP contribution in [0.25, 0.3) is 0 Å². The summed E-state index contributed by atoms with van der Waals surface area (Å²) < 4.78 is 0. The molecule has 0 aromatic rings. The highest BCUT2D eigenvalue weighted by atomic mass is 32.2. The molecule has 0 aromatic heterocycles. The number of aldehydes is 1. The summed E-state index contributed by atoms with van der Waals surface area (Å²) in [5.74, 6) is 0.176. The Bertz CT molecular complexity index is 151. The van der Waals surface area contributed by atoms with Gasteiger partial charge in [-0.2, -0.15) is 0 Å². The summed E-state index contributed by atoms with van der Waals surface area (Å²) in [6, 6.07) is 0. The van der Waals surface area contributed by atoms with Crippen LogP contribution >= 0.6 is 11.8 Å². The number of rotatable bonds is 1. The molecule has 1 aliphatic heterocycles. The molecule has 0 aromatic carbocycles. The molecule has 0 saturated heterocycles. The molecule has 1 aliphatic rings. The summed E-state index contributed by atoms with van der Waals surface area (Å²) in [6.45, 7) is 4.09. The van der Waals surface area contributed by atoms with Crippen molar-refractivity contribution in [2.45, 2.75) is 19.1 Å². The molecule has 9 heavy (non-hydrogen) atoms. The van der Waals surface area contributed by atoms with Crippen LogP contribution in [-0.2, 0) is 4.79 Å². The standard InChI is InChI=1S/C7H10OS/c1-5-4-9-6(2)7(5)3-8/h3-4,6-7H,1-2H3. The van der Waals surface area contributed by atoms with Gasteiger partial charge < -0.3 is 4.79 Å². The summed E-state index contributed by atoms with van der Waals surface area (Å²) in [7, 11) is 0. The first-order valence-electron chi connectivity index (χ1n) is 3.03. The monoisotopic (exact) mass is 142 g/mol. The molecule has 0 N–H and O–H groups in total. The summed E-state index contributed by atoms with van der Waals surface area (Å²) >= 11 is 1.74. The van der Waals surface area contributed by atoms with E-state index in [1.807, 2.05) is 6.92 Å². The second kappa shape index (κ2) is 2.56. The van der Waals surface area contributed by atoms with Crippen molar-refractivity contribution >= 4 is 18.0 Å². The molecule has 2 unspecified atom stereocenters. The highest BCUT2D eigenvalue weighted by Crippen LogP contribution is 2.33. The van der Waals surface area contributed by atoms with Crippen LogP contribution in [0.15, 0.2) is 11.0 Å². The van der Waals surface area contributed by atoms with Gasteiger partial charge in [0.15, 0.2) is 0 Å². The second-order valence-corrected chi connectivity index (χ2v) is 3.62. The summed E-state index contributed by atoms with van der Waals surface area (Å²) in [5.41, 5.74) is 1.21. The number of carbonyl (C=O) groups excluding carboxylic acids is 1. The number of thioether (sulfide) groups is 1. The minimum Gasteiger partial charge on any atom is -0.303 e. The van der Waals surface area contributed by atoms with Crippen molar-refractivity contribution in [2.75, 3.05) is 0 Å². The van der Waals surface area contributed by atoms with E-state index in [-0.39, 0.29) is 5.92 Å². The predicted octanol–water partition coefficient (Wildman–Crippen LogP) is 1.84. The van der Waals surface area contributed by atoms with Crippen molar-refractivity contribution in [3.05, 3.63) is 11.0 Å². The SMILES string of the molecule is CC1=CSC(C)C1C=O. The number of hydrogen-bond donors (Lipinski definition) is 0. The van der Waals surface area contributed by atoms with Crippen molar-refractivity contribution in [2.24, 2.45) is 5.92 Å². The van der Waals surface area contributed by atoms with Crippen molar-refractivity contribution in [3.63, 3.8) is 0 Å². The molecular formula is C7H10OS. The number of allylic oxidation sites excluding steroid dienone is 1. The van der Waals surface area contributed by atoms with Gasteiger partial charge in [-0.05, 0) is 12.3 Å². The van der Waals surface area contributed by atoms with Gasteiger partial charge in [0.25, 0.3) is 0 Å². The first kappa shape index (κ1) is 6.87. The van der Waals surface area contributed by atoms with E-state index < -0.39 is 0 Å². The highest BCUT2D eigenvalue weighted by Gasteiger charge is 2.22. The van der Waals surface area contributed by atoms with E-state index in [9.17, 15) is 4.79 Å². The molecule has 0 radical (unpaired) electrons. The Balaban J connectivity index is 2.67. The third kappa shape index (κ3) is 1.18.